The second kappa shape index (κ2) is 7.65. The number of Topliss-reactive ketones (excluding diaryl/α,β-unsaturated/α-hetero) is 1. The predicted octanol–water partition coefficient (Wildman–Crippen LogP) is 3.40. The molecule has 116 valence electrons. The standard InChI is InChI=1S/C16H29NO3/c1-10(2)13-8-6-7-12(13)9-14(18)15(11(3)4)17-16(19)20-5/h10-13,15H,6-9H2,1-5H3,(H,17,19)/t12-,13-,15+/m1/s1. The molecule has 4 nitrogen and oxygen atoms in total. The third kappa shape index (κ3) is 4.50. The average Bonchev–Trinajstić information content (AvgIpc) is 2.83. The average molecular weight is 283 g/mol. The minimum absolute atomic E-state index is 0.0838. The van der Waals surface area contributed by atoms with E-state index in [2.05, 4.69) is 23.9 Å². The van der Waals surface area contributed by atoms with Gasteiger partial charge in [-0.15, -0.1) is 0 Å². The van der Waals surface area contributed by atoms with Crippen molar-refractivity contribution in [2.75, 3.05) is 7.11 Å². The third-order valence-corrected chi connectivity index (χ3v) is 4.51. The van der Waals surface area contributed by atoms with Crippen molar-refractivity contribution in [1.29, 1.82) is 0 Å². The molecule has 0 aliphatic heterocycles. The lowest BCUT2D eigenvalue weighted by Crippen LogP contribution is -2.45. The zero-order valence-corrected chi connectivity index (χ0v) is 13.4. The molecule has 0 saturated heterocycles. The Morgan fingerprint density at radius 1 is 1.20 bits per heavy atom. The van der Waals surface area contributed by atoms with Gasteiger partial charge in [0.1, 0.15) is 0 Å². The van der Waals surface area contributed by atoms with Gasteiger partial charge in [0.25, 0.3) is 0 Å². The fourth-order valence-electron chi connectivity index (χ4n) is 3.39. The smallest absolute Gasteiger partial charge is 0.407 e. The topological polar surface area (TPSA) is 55.4 Å². The molecule has 0 bridgehead atoms. The number of methoxy groups -OCH3 is 1. The van der Waals surface area contributed by atoms with Gasteiger partial charge >= 0.3 is 6.09 Å². The van der Waals surface area contributed by atoms with Crippen LogP contribution < -0.4 is 5.32 Å². The van der Waals surface area contributed by atoms with Crippen LogP contribution in [-0.4, -0.2) is 25.0 Å². The van der Waals surface area contributed by atoms with E-state index in [-0.39, 0.29) is 11.7 Å². The van der Waals surface area contributed by atoms with E-state index in [1.54, 1.807) is 0 Å². The maximum atomic E-state index is 12.5. The Morgan fingerprint density at radius 2 is 1.85 bits per heavy atom. The van der Waals surface area contributed by atoms with Gasteiger partial charge in [-0.05, 0) is 36.5 Å². The van der Waals surface area contributed by atoms with Crippen molar-refractivity contribution in [1.82, 2.24) is 5.32 Å². The molecule has 3 atom stereocenters. The molecular formula is C16H29NO3. The highest BCUT2D eigenvalue weighted by Crippen LogP contribution is 2.39. The number of hydrogen-bond donors (Lipinski definition) is 1. The lowest BCUT2D eigenvalue weighted by Gasteiger charge is -2.26. The number of rotatable bonds is 6. The summed E-state index contributed by atoms with van der Waals surface area (Å²) in [7, 11) is 1.32. The lowest BCUT2D eigenvalue weighted by atomic mass is 9.81. The number of amides is 1. The summed E-state index contributed by atoms with van der Waals surface area (Å²) in [6, 6.07) is -0.434. The Hall–Kier alpha value is -1.06. The zero-order chi connectivity index (χ0) is 15.3. The molecule has 1 rings (SSSR count). The number of ether oxygens (including phenoxy) is 1. The second-order valence-corrected chi connectivity index (χ2v) is 6.63. The van der Waals surface area contributed by atoms with E-state index >= 15 is 0 Å². The number of nitrogens with one attached hydrogen (secondary N) is 1. The molecule has 0 unspecified atom stereocenters. The lowest BCUT2D eigenvalue weighted by molar-refractivity contribution is -0.123. The predicted molar refractivity (Wildman–Crippen MR) is 79.5 cm³/mol. The van der Waals surface area contributed by atoms with Gasteiger partial charge < -0.3 is 10.1 Å². The molecule has 20 heavy (non-hydrogen) atoms. The highest BCUT2D eigenvalue weighted by molar-refractivity contribution is 5.87. The summed E-state index contributed by atoms with van der Waals surface area (Å²) in [6.45, 7) is 8.38. The molecule has 0 aromatic heterocycles. The molecule has 1 amide bonds. The first kappa shape index (κ1) is 17.0. The molecular weight excluding hydrogens is 254 g/mol. The van der Waals surface area contributed by atoms with Gasteiger partial charge in [-0.25, -0.2) is 4.79 Å². The summed E-state index contributed by atoms with van der Waals surface area (Å²) in [5, 5.41) is 2.67. The highest BCUT2D eigenvalue weighted by Gasteiger charge is 2.34. The van der Waals surface area contributed by atoms with E-state index in [0.717, 1.165) is 6.42 Å². The first-order valence-electron chi connectivity index (χ1n) is 7.74. The van der Waals surface area contributed by atoms with Crippen LogP contribution in [0.3, 0.4) is 0 Å². The van der Waals surface area contributed by atoms with Gasteiger partial charge in [-0.1, -0.05) is 34.1 Å². The van der Waals surface area contributed by atoms with E-state index in [1.165, 1.54) is 20.0 Å². The molecule has 0 radical (unpaired) electrons. The summed E-state index contributed by atoms with van der Waals surface area (Å²) in [5.41, 5.74) is 0. The first-order chi connectivity index (χ1) is 9.36. The van der Waals surface area contributed by atoms with Crippen LogP contribution in [-0.2, 0) is 9.53 Å². The SMILES string of the molecule is COC(=O)N[C@H](C(=O)C[C@H]1CCC[C@@H]1C(C)C)C(C)C. The van der Waals surface area contributed by atoms with Crippen LogP contribution in [0.1, 0.15) is 53.4 Å². The van der Waals surface area contributed by atoms with Crippen molar-refractivity contribution >= 4 is 11.9 Å². The van der Waals surface area contributed by atoms with Crippen LogP contribution in [0, 0.1) is 23.7 Å². The Morgan fingerprint density at radius 3 is 2.35 bits per heavy atom. The van der Waals surface area contributed by atoms with E-state index in [0.29, 0.717) is 24.2 Å². The fourth-order valence-corrected chi connectivity index (χ4v) is 3.39. The van der Waals surface area contributed by atoms with E-state index in [1.807, 2.05) is 13.8 Å². The van der Waals surface area contributed by atoms with E-state index in [9.17, 15) is 9.59 Å². The molecule has 1 aliphatic carbocycles. The van der Waals surface area contributed by atoms with E-state index < -0.39 is 12.1 Å². The molecule has 4 heteroatoms. The van der Waals surface area contributed by atoms with Crippen molar-refractivity contribution in [3.05, 3.63) is 0 Å². The summed E-state index contributed by atoms with van der Waals surface area (Å²) in [5.74, 6) is 1.97. The van der Waals surface area contributed by atoms with Crippen LogP contribution in [0.5, 0.6) is 0 Å². The minimum Gasteiger partial charge on any atom is -0.453 e. The van der Waals surface area contributed by atoms with Crippen molar-refractivity contribution in [3.63, 3.8) is 0 Å². The summed E-state index contributed by atoms with van der Waals surface area (Å²) < 4.78 is 4.61. The summed E-state index contributed by atoms with van der Waals surface area (Å²) in [4.78, 5) is 23.8. The number of alkyl carbamates (subject to hydrolysis) is 1. The summed E-state index contributed by atoms with van der Waals surface area (Å²) in [6.07, 6.45) is 3.64. The maximum Gasteiger partial charge on any atom is 0.407 e. The molecule has 1 aliphatic rings. The first-order valence-corrected chi connectivity index (χ1v) is 7.74. The largest absolute Gasteiger partial charge is 0.453 e. The van der Waals surface area contributed by atoms with Gasteiger partial charge in [-0.3, -0.25) is 4.79 Å². The summed E-state index contributed by atoms with van der Waals surface area (Å²) >= 11 is 0. The van der Waals surface area contributed by atoms with Gasteiger partial charge in [-0.2, -0.15) is 0 Å². The molecule has 1 N–H and O–H groups in total. The van der Waals surface area contributed by atoms with Crippen molar-refractivity contribution < 1.29 is 14.3 Å². The minimum atomic E-state index is -0.524. The van der Waals surface area contributed by atoms with Crippen LogP contribution in [0.4, 0.5) is 4.79 Å². The molecule has 1 saturated carbocycles. The number of ketones is 1. The third-order valence-electron chi connectivity index (χ3n) is 4.51. The van der Waals surface area contributed by atoms with E-state index in [4.69, 9.17) is 0 Å². The van der Waals surface area contributed by atoms with Crippen LogP contribution in [0.2, 0.25) is 0 Å². The van der Waals surface area contributed by atoms with Crippen molar-refractivity contribution in [2.45, 2.75) is 59.4 Å². The molecule has 0 aromatic rings. The molecule has 0 aromatic carbocycles. The number of carbonyl (C=O) groups excluding carboxylic acids is 2. The van der Waals surface area contributed by atoms with Crippen LogP contribution in [0.25, 0.3) is 0 Å². The molecule has 1 fully saturated rings. The van der Waals surface area contributed by atoms with Gasteiger partial charge in [0, 0.05) is 6.42 Å². The van der Waals surface area contributed by atoms with Crippen molar-refractivity contribution in [2.24, 2.45) is 23.7 Å². The number of carbonyl (C=O) groups is 2. The van der Waals surface area contributed by atoms with Gasteiger partial charge in [0.05, 0.1) is 13.2 Å². The van der Waals surface area contributed by atoms with Gasteiger partial charge in [0.2, 0.25) is 0 Å². The van der Waals surface area contributed by atoms with Gasteiger partial charge in [0.15, 0.2) is 5.78 Å². The number of hydrogen-bond acceptors (Lipinski definition) is 3. The second-order valence-electron chi connectivity index (χ2n) is 6.63. The maximum absolute atomic E-state index is 12.5. The monoisotopic (exact) mass is 283 g/mol. The highest BCUT2D eigenvalue weighted by atomic mass is 16.5. The van der Waals surface area contributed by atoms with Crippen LogP contribution >= 0.6 is 0 Å². The quantitative estimate of drug-likeness (QED) is 0.813. The van der Waals surface area contributed by atoms with Crippen LogP contribution in [0.15, 0.2) is 0 Å². The Balaban J connectivity index is 2.64. The Labute approximate surface area is 122 Å². The Kier molecular flexibility index (Phi) is 6.50. The fraction of sp³-hybridized carbons (Fsp3) is 0.875. The molecule has 0 spiro atoms. The Bertz CT molecular complexity index is 339. The van der Waals surface area contributed by atoms with Crippen molar-refractivity contribution in [3.8, 4) is 0 Å². The molecule has 0 heterocycles. The normalized spacial score (nSPS) is 23.9. The zero-order valence-electron chi connectivity index (χ0n) is 13.4.